The molecule has 0 atom stereocenters. The molecule has 0 fully saturated rings. The van der Waals surface area contributed by atoms with Crippen molar-refractivity contribution in [1.82, 2.24) is 9.97 Å². The van der Waals surface area contributed by atoms with Crippen LogP contribution in [0.3, 0.4) is 0 Å². The Hall–Kier alpha value is -3.51. The average molecular weight is 421 g/mol. The van der Waals surface area contributed by atoms with E-state index in [0.717, 1.165) is 28.0 Å². The van der Waals surface area contributed by atoms with Gasteiger partial charge in [0.1, 0.15) is 17.3 Å². The molecule has 0 aliphatic rings. The van der Waals surface area contributed by atoms with E-state index in [9.17, 15) is 0 Å². The number of hydrogen-bond acceptors (Lipinski definition) is 6. The van der Waals surface area contributed by atoms with Crippen LogP contribution in [0.2, 0.25) is 5.02 Å². The molecule has 1 heterocycles. The molecule has 0 aliphatic heterocycles. The monoisotopic (exact) mass is 420 g/mol. The van der Waals surface area contributed by atoms with Gasteiger partial charge in [-0.15, -0.1) is 0 Å². The highest BCUT2D eigenvalue weighted by atomic mass is 35.5. The van der Waals surface area contributed by atoms with Crippen LogP contribution < -0.4 is 20.1 Å². The number of rotatable bonds is 7. The Morgan fingerprint density at radius 1 is 0.900 bits per heavy atom. The molecule has 0 radical (unpaired) electrons. The Morgan fingerprint density at radius 2 is 1.70 bits per heavy atom. The van der Waals surface area contributed by atoms with Crippen molar-refractivity contribution in [2.24, 2.45) is 0 Å². The van der Waals surface area contributed by atoms with Gasteiger partial charge in [0.05, 0.1) is 25.4 Å². The summed E-state index contributed by atoms with van der Waals surface area (Å²) in [7, 11) is 3.23. The standard InChI is InChI=1S/C23H21ClN4O2/c1-29-16-11-12-20(21(13-16)30-2)27-23-26-19-10-6-4-8-17(19)22(28-23)25-14-15-7-3-5-9-18(15)24/h3-13H,14H2,1-2H3,(H2,25,26,27,28). The predicted molar refractivity (Wildman–Crippen MR) is 121 cm³/mol. The van der Waals surface area contributed by atoms with Crippen molar-refractivity contribution in [1.29, 1.82) is 0 Å². The molecule has 0 bridgehead atoms. The van der Waals surface area contributed by atoms with Crippen LogP contribution in [-0.2, 0) is 6.54 Å². The molecule has 7 heteroatoms. The second-order valence-electron chi connectivity index (χ2n) is 6.55. The molecule has 0 saturated heterocycles. The molecule has 30 heavy (non-hydrogen) atoms. The summed E-state index contributed by atoms with van der Waals surface area (Å²) >= 11 is 6.30. The Morgan fingerprint density at radius 3 is 2.50 bits per heavy atom. The number of para-hydroxylation sites is 1. The fraction of sp³-hybridized carbons (Fsp3) is 0.130. The zero-order valence-corrected chi connectivity index (χ0v) is 17.4. The summed E-state index contributed by atoms with van der Waals surface area (Å²) in [5, 5.41) is 8.28. The Labute approximate surface area is 179 Å². The van der Waals surface area contributed by atoms with Crippen molar-refractivity contribution in [2.45, 2.75) is 6.54 Å². The smallest absolute Gasteiger partial charge is 0.229 e. The first-order chi connectivity index (χ1) is 14.7. The molecule has 4 aromatic rings. The molecule has 0 aliphatic carbocycles. The van der Waals surface area contributed by atoms with Gasteiger partial charge in [0.15, 0.2) is 0 Å². The van der Waals surface area contributed by atoms with E-state index in [1.54, 1.807) is 20.3 Å². The molecule has 0 spiro atoms. The molecule has 0 unspecified atom stereocenters. The molecule has 0 saturated carbocycles. The van der Waals surface area contributed by atoms with Crippen molar-refractivity contribution in [3.8, 4) is 11.5 Å². The average Bonchev–Trinajstić information content (AvgIpc) is 2.78. The highest BCUT2D eigenvalue weighted by molar-refractivity contribution is 6.31. The van der Waals surface area contributed by atoms with Crippen molar-refractivity contribution in [3.05, 3.63) is 77.3 Å². The third-order valence-electron chi connectivity index (χ3n) is 4.66. The van der Waals surface area contributed by atoms with Crippen LogP contribution in [0.5, 0.6) is 11.5 Å². The molecule has 0 amide bonds. The van der Waals surface area contributed by atoms with Crippen LogP contribution in [0.1, 0.15) is 5.56 Å². The number of anilines is 3. The van der Waals surface area contributed by atoms with E-state index < -0.39 is 0 Å². The zero-order valence-electron chi connectivity index (χ0n) is 16.6. The van der Waals surface area contributed by atoms with Crippen molar-refractivity contribution >= 4 is 40.0 Å². The second kappa shape index (κ2) is 8.88. The summed E-state index contributed by atoms with van der Waals surface area (Å²) in [6.45, 7) is 0.548. The minimum absolute atomic E-state index is 0.457. The first kappa shape index (κ1) is 19.8. The van der Waals surface area contributed by atoms with Crippen molar-refractivity contribution < 1.29 is 9.47 Å². The number of fused-ring (bicyclic) bond motifs is 1. The summed E-state index contributed by atoms with van der Waals surface area (Å²) in [6, 6.07) is 21.1. The van der Waals surface area contributed by atoms with Gasteiger partial charge >= 0.3 is 0 Å². The molecule has 152 valence electrons. The lowest BCUT2D eigenvalue weighted by atomic mass is 10.2. The number of ether oxygens (including phenoxy) is 2. The fourth-order valence-corrected chi connectivity index (χ4v) is 3.31. The van der Waals surface area contributed by atoms with Gasteiger partial charge in [0.25, 0.3) is 0 Å². The van der Waals surface area contributed by atoms with E-state index in [0.29, 0.717) is 29.0 Å². The largest absolute Gasteiger partial charge is 0.497 e. The number of nitrogens with zero attached hydrogens (tertiary/aromatic N) is 2. The number of aromatic nitrogens is 2. The third kappa shape index (κ3) is 4.23. The van der Waals surface area contributed by atoms with Gasteiger partial charge in [-0.1, -0.05) is 41.9 Å². The second-order valence-corrected chi connectivity index (χ2v) is 6.96. The summed E-state index contributed by atoms with van der Waals surface area (Å²) in [5.41, 5.74) is 2.56. The minimum atomic E-state index is 0.457. The van der Waals surface area contributed by atoms with Crippen LogP contribution >= 0.6 is 11.6 Å². The molecular formula is C23H21ClN4O2. The maximum absolute atomic E-state index is 6.30. The zero-order chi connectivity index (χ0) is 20.9. The SMILES string of the molecule is COc1ccc(Nc2nc(NCc3ccccc3Cl)c3ccccc3n2)c(OC)c1. The van der Waals surface area contributed by atoms with Crippen LogP contribution in [0.4, 0.5) is 17.5 Å². The van der Waals surface area contributed by atoms with Gasteiger partial charge in [0, 0.05) is 23.0 Å². The quantitative estimate of drug-likeness (QED) is 0.402. The highest BCUT2D eigenvalue weighted by Crippen LogP contribution is 2.32. The lowest BCUT2D eigenvalue weighted by Gasteiger charge is -2.14. The molecule has 6 nitrogen and oxygen atoms in total. The van der Waals surface area contributed by atoms with E-state index in [4.69, 9.17) is 26.1 Å². The van der Waals surface area contributed by atoms with Gasteiger partial charge in [0.2, 0.25) is 5.95 Å². The van der Waals surface area contributed by atoms with E-state index in [2.05, 4.69) is 15.6 Å². The number of methoxy groups -OCH3 is 2. The van der Waals surface area contributed by atoms with Crippen molar-refractivity contribution in [2.75, 3.05) is 24.9 Å². The van der Waals surface area contributed by atoms with Gasteiger partial charge in [-0.2, -0.15) is 4.98 Å². The summed E-state index contributed by atoms with van der Waals surface area (Å²) in [4.78, 5) is 9.34. The van der Waals surface area contributed by atoms with E-state index in [-0.39, 0.29) is 0 Å². The Kier molecular flexibility index (Phi) is 5.86. The Bertz CT molecular complexity index is 1180. The van der Waals surface area contributed by atoms with Crippen molar-refractivity contribution in [3.63, 3.8) is 0 Å². The predicted octanol–water partition coefficient (Wildman–Crippen LogP) is 5.66. The lowest BCUT2D eigenvalue weighted by Crippen LogP contribution is -2.06. The van der Waals surface area contributed by atoms with Gasteiger partial charge in [-0.3, -0.25) is 0 Å². The van der Waals surface area contributed by atoms with Crippen LogP contribution in [0.15, 0.2) is 66.7 Å². The number of nitrogens with one attached hydrogen (secondary N) is 2. The summed E-state index contributed by atoms with van der Waals surface area (Å²) < 4.78 is 10.7. The number of benzene rings is 3. The van der Waals surface area contributed by atoms with Gasteiger partial charge in [-0.25, -0.2) is 4.98 Å². The first-order valence-electron chi connectivity index (χ1n) is 9.41. The van der Waals surface area contributed by atoms with E-state index >= 15 is 0 Å². The molecular weight excluding hydrogens is 400 g/mol. The van der Waals surface area contributed by atoms with E-state index in [1.807, 2.05) is 60.7 Å². The molecule has 2 N–H and O–H groups in total. The number of halogens is 1. The van der Waals surface area contributed by atoms with Crippen LogP contribution in [-0.4, -0.2) is 24.2 Å². The Balaban J connectivity index is 1.67. The molecule has 4 rings (SSSR count). The minimum Gasteiger partial charge on any atom is -0.497 e. The normalized spacial score (nSPS) is 10.6. The fourth-order valence-electron chi connectivity index (χ4n) is 3.11. The third-order valence-corrected chi connectivity index (χ3v) is 5.03. The lowest BCUT2D eigenvalue weighted by molar-refractivity contribution is 0.395. The molecule has 1 aromatic heterocycles. The summed E-state index contributed by atoms with van der Waals surface area (Å²) in [6.07, 6.45) is 0. The van der Waals surface area contributed by atoms with Crippen LogP contribution in [0, 0.1) is 0 Å². The maximum Gasteiger partial charge on any atom is 0.229 e. The molecule has 3 aromatic carbocycles. The van der Waals surface area contributed by atoms with Gasteiger partial charge in [-0.05, 0) is 35.9 Å². The van der Waals surface area contributed by atoms with Gasteiger partial charge < -0.3 is 20.1 Å². The topological polar surface area (TPSA) is 68.3 Å². The van der Waals surface area contributed by atoms with E-state index in [1.165, 1.54) is 0 Å². The highest BCUT2D eigenvalue weighted by Gasteiger charge is 2.11. The maximum atomic E-state index is 6.30. The van der Waals surface area contributed by atoms with Crippen LogP contribution in [0.25, 0.3) is 10.9 Å². The first-order valence-corrected chi connectivity index (χ1v) is 9.79. The number of hydrogen-bond donors (Lipinski definition) is 2. The summed E-state index contributed by atoms with van der Waals surface area (Å²) in [5.74, 6) is 2.52.